The van der Waals surface area contributed by atoms with Crippen molar-refractivity contribution in [3.8, 4) is 6.01 Å². The van der Waals surface area contributed by atoms with Gasteiger partial charge in [0.25, 0.3) is 0 Å². The Balaban J connectivity index is 1.56. The number of nitrogens with zero attached hydrogens (tertiary/aromatic N) is 4. The summed E-state index contributed by atoms with van der Waals surface area (Å²) in [5.41, 5.74) is 13.6. The molecule has 1 aromatic carbocycles. The van der Waals surface area contributed by atoms with Gasteiger partial charge in [-0.15, -0.1) is 0 Å². The molecule has 2 amide bonds. The lowest BCUT2D eigenvalue weighted by Crippen LogP contribution is -2.54. The van der Waals surface area contributed by atoms with Crippen LogP contribution in [-0.4, -0.2) is 75.1 Å². The van der Waals surface area contributed by atoms with E-state index < -0.39 is 29.6 Å². The van der Waals surface area contributed by atoms with E-state index in [1.807, 2.05) is 43.0 Å². The van der Waals surface area contributed by atoms with Gasteiger partial charge in [-0.05, 0) is 36.9 Å². The van der Waals surface area contributed by atoms with Crippen LogP contribution >= 0.6 is 0 Å². The highest BCUT2D eigenvalue weighted by Gasteiger charge is 2.40. The van der Waals surface area contributed by atoms with Gasteiger partial charge < -0.3 is 31.2 Å². The molecular weight excluding hydrogens is 568 g/mol. The Kier molecular flexibility index (Phi) is 10.9. The van der Waals surface area contributed by atoms with E-state index in [0.717, 1.165) is 30.4 Å². The number of hydrogen-bond donors (Lipinski definition) is 4. The molecule has 3 aromatic rings. The number of nitrogen functional groups attached to an aromatic ring is 1. The molecular formula is C30H42N8O6. The topological polar surface area (TPSA) is 201 Å². The van der Waals surface area contributed by atoms with Crippen molar-refractivity contribution in [3.05, 3.63) is 45.9 Å². The van der Waals surface area contributed by atoms with Crippen molar-refractivity contribution in [2.24, 2.45) is 11.7 Å². The number of carbonyl (C=O) groups is 3. The van der Waals surface area contributed by atoms with Crippen LogP contribution in [0.4, 0.5) is 5.82 Å². The van der Waals surface area contributed by atoms with E-state index in [9.17, 15) is 19.2 Å². The van der Waals surface area contributed by atoms with Crippen LogP contribution < -0.4 is 27.2 Å². The Bertz CT molecular complexity index is 1520. The van der Waals surface area contributed by atoms with Crippen LogP contribution in [-0.2, 0) is 32.1 Å². The number of fused-ring (bicyclic) bond motifs is 1. The summed E-state index contributed by atoms with van der Waals surface area (Å²) in [5, 5.41) is 3.02. The second-order valence-corrected chi connectivity index (χ2v) is 11.0. The fourth-order valence-corrected chi connectivity index (χ4v) is 5.59. The number of anilines is 1. The summed E-state index contributed by atoms with van der Waals surface area (Å²) in [6, 6.07) is 6.23. The molecule has 0 bridgehead atoms. The van der Waals surface area contributed by atoms with E-state index in [-0.39, 0.29) is 47.8 Å². The number of amides is 2. The number of piperidine rings is 1. The van der Waals surface area contributed by atoms with Crippen molar-refractivity contribution >= 4 is 34.8 Å². The predicted octanol–water partition coefficient (Wildman–Crippen LogP) is 1.43. The number of aromatic nitrogens is 4. The quantitative estimate of drug-likeness (QED) is 0.153. The number of hydrogen-bond acceptors (Lipinski definition) is 10. The van der Waals surface area contributed by atoms with Gasteiger partial charge >= 0.3 is 17.7 Å². The van der Waals surface area contributed by atoms with Gasteiger partial charge in [-0.25, -0.2) is 4.79 Å². The van der Waals surface area contributed by atoms with Crippen molar-refractivity contribution in [2.45, 2.75) is 71.0 Å². The van der Waals surface area contributed by atoms with Crippen LogP contribution in [0.3, 0.4) is 0 Å². The van der Waals surface area contributed by atoms with Crippen molar-refractivity contribution in [2.75, 3.05) is 32.5 Å². The zero-order chi connectivity index (χ0) is 31.8. The number of nitrogens with two attached hydrogens (primary N) is 2. The van der Waals surface area contributed by atoms with E-state index in [4.69, 9.17) is 20.9 Å². The summed E-state index contributed by atoms with van der Waals surface area (Å²) in [4.78, 5) is 64.3. The molecule has 14 heteroatoms. The highest BCUT2D eigenvalue weighted by atomic mass is 16.5. The molecule has 3 heterocycles. The lowest BCUT2D eigenvalue weighted by Gasteiger charge is -2.41. The Morgan fingerprint density at radius 2 is 1.86 bits per heavy atom. The molecule has 6 N–H and O–H groups in total. The minimum absolute atomic E-state index is 0.0426. The Labute approximate surface area is 255 Å². The Morgan fingerprint density at radius 3 is 2.52 bits per heavy atom. The molecule has 238 valence electrons. The smallest absolute Gasteiger partial charge is 0.328 e. The van der Waals surface area contributed by atoms with Crippen LogP contribution in [0.2, 0.25) is 0 Å². The average Bonchev–Trinajstić information content (AvgIpc) is 3.35. The zero-order valence-corrected chi connectivity index (χ0v) is 25.5. The summed E-state index contributed by atoms with van der Waals surface area (Å²) in [6.07, 6.45) is 3.57. The monoisotopic (exact) mass is 610 g/mol. The summed E-state index contributed by atoms with van der Waals surface area (Å²) in [5.74, 6) is -1.63. The first kappa shape index (κ1) is 32.5. The largest absolute Gasteiger partial charge is 0.469 e. The van der Waals surface area contributed by atoms with Gasteiger partial charge in [0.05, 0.1) is 38.1 Å². The lowest BCUT2D eigenvalue weighted by molar-refractivity contribution is -0.139. The van der Waals surface area contributed by atoms with Crippen LogP contribution in [0, 0.1) is 5.92 Å². The fourth-order valence-electron chi connectivity index (χ4n) is 5.59. The average molecular weight is 611 g/mol. The number of carbonyl (C=O) groups excluding carboxylic acids is 3. The lowest BCUT2D eigenvalue weighted by atomic mass is 9.89. The maximum Gasteiger partial charge on any atom is 0.328 e. The molecule has 3 atom stereocenters. The number of H-pyrrole nitrogens is 1. The van der Waals surface area contributed by atoms with E-state index >= 15 is 0 Å². The van der Waals surface area contributed by atoms with Crippen LogP contribution in [0.5, 0.6) is 6.01 Å². The maximum atomic E-state index is 13.5. The standard InChI is InChI=1S/C30H42N8O6/c1-4-6-14-44-29-35-25(31)24-27(36-29)38(30(42)34-24)22-17-37(13-12-20(22)26(32)40)21(7-5-2)28(41)33-16-19-10-8-18(9-11-19)15-23(39)43-3/h8-11,20-22H,4-7,12-17H2,1-3H3,(H2,32,40)(H,33,41)(H,34,42)(H2,31,35,36). The second kappa shape index (κ2) is 14.8. The van der Waals surface area contributed by atoms with Crippen molar-refractivity contribution < 1.29 is 23.9 Å². The van der Waals surface area contributed by atoms with Gasteiger partial charge in [0, 0.05) is 13.1 Å². The predicted molar refractivity (Wildman–Crippen MR) is 164 cm³/mol. The molecule has 1 saturated heterocycles. The van der Waals surface area contributed by atoms with Crippen molar-refractivity contribution in [1.82, 2.24) is 29.7 Å². The zero-order valence-electron chi connectivity index (χ0n) is 25.5. The summed E-state index contributed by atoms with van der Waals surface area (Å²) in [7, 11) is 1.35. The molecule has 0 saturated carbocycles. The fraction of sp³-hybridized carbons (Fsp3) is 0.533. The first-order chi connectivity index (χ1) is 21.2. The highest BCUT2D eigenvalue weighted by Crippen LogP contribution is 2.32. The first-order valence-corrected chi connectivity index (χ1v) is 15.0. The number of rotatable bonds is 14. The molecule has 1 aliphatic rings. The summed E-state index contributed by atoms with van der Waals surface area (Å²) in [6.45, 7) is 5.39. The molecule has 44 heavy (non-hydrogen) atoms. The van der Waals surface area contributed by atoms with E-state index in [0.29, 0.717) is 32.5 Å². The molecule has 1 aliphatic heterocycles. The number of nitrogens with one attached hydrogen (secondary N) is 2. The number of aromatic amines is 1. The third-order valence-corrected chi connectivity index (χ3v) is 7.99. The molecule has 14 nitrogen and oxygen atoms in total. The molecule has 0 aliphatic carbocycles. The van der Waals surface area contributed by atoms with E-state index in [2.05, 4.69) is 20.3 Å². The number of likely N-dealkylation sites (tertiary alicyclic amines) is 1. The number of unbranched alkanes of at least 4 members (excludes halogenated alkanes) is 1. The second-order valence-electron chi connectivity index (χ2n) is 11.0. The van der Waals surface area contributed by atoms with Gasteiger partial charge in [0.2, 0.25) is 11.8 Å². The number of methoxy groups -OCH3 is 1. The van der Waals surface area contributed by atoms with E-state index in [1.54, 1.807) is 0 Å². The van der Waals surface area contributed by atoms with Crippen LogP contribution in [0.1, 0.15) is 63.1 Å². The van der Waals surface area contributed by atoms with Crippen molar-refractivity contribution in [1.29, 1.82) is 0 Å². The summed E-state index contributed by atoms with van der Waals surface area (Å²) < 4.78 is 11.8. The van der Waals surface area contributed by atoms with Crippen LogP contribution in [0.15, 0.2) is 29.1 Å². The SMILES string of the molecule is CCCCOc1nc(N)c2[nH]c(=O)n(C3CN(C(CCC)C(=O)NCc4ccc(CC(=O)OC)cc4)CCC3C(N)=O)c2n1. The van der Waals surface area contributed by atoms with Gasteiger partial charge in [0.1, 0.15) is 5.52 Å². The molecule has 4 rings (SSSR count). The Morgan fingerprint density at radius 1 is 1.14 bits per heavy atom. The van der Waals surface area contributed by atoms with Crippen molar-refractivity contribution in [3.63, 3.8) is 0 Å². The molecule has 2 aromatic heterocycles. The van der Waals surface area contributed by atoms with Gasteiger partial charge in [-0.1, -0.05) is 51.0 Å². The number of imidazole rings is 1. The number of primary amides is 1. The van der Waals surface area contributed by atoms with E-state index in [1.165, 1.54) is 11.7 Å². The number of esters is 1. The van der Waals surface area contributed by atoms with Crippen LogP contribution in [0.25, 0.3) is 11.2 Å². The summed E-state index contributed by atoms with van der Waals surface area (Å²) >= 11 is 0. The molecule has 0 radical (unpaired) electrons. The minimum Gasteiger partial charge on any atom is -0.469 e. The molecule has 1 fully saturated rings. The van der Waals surface area contributed by atoms with Gasteiger partial charge in [-0.3, -0.25) is 23.9 Å². The maximum absolute atomic E-state index is 13.5. The number of benzene rings is 1. The molecule has 0 spiro atoms. The molecule has 3 unspecified atom stereocenters. The van der Waals surface area contributed by atoms with Gasteiger partial charge in [-0.2, -0.15) is 9.97 Å². The number of ether oxygens (including phenoxy) is 2. The third-order valence-electron chi connectivity index (χ3n) is 7.99. The van der Waals surface area contributed by atoms with Gasteiger partial charge in [0.15, 0.2) is 11.5 Å². The normalized spacial score (nSPS) is 17.7. The third kappa shape index (κ3) is 7.54. The highest BCUT2D eigenvalue weighted by molar-refractivity contribution is 5.83. The minimum atomic E-state index is -0.699. The Hall–Kier alpha value is -4.46. The first-order valence-electron chi connectivity index (χ1n) is 15.0.